The molecule has 0 radical (unpaired) electrons. The Bertz CT molecular complexity index is 603. The van der Waals surface area contributed by atoms with E-state index in [4.69, 9.17) is 5.73 Å². The molecule has 0 bridgehead atoms. The van der Waals surface area contributed by atoms with E-state index in [9.17, 15) is 0 Å². The number of nitrogen functional groups attached to an aromatic ring is 1. The summed E-state index contributed by atoms with van der Waals surface area (Å²) in [6.07, 6.45) is 3.27. The Labute approximate surface area is 118 Å². The Morgan fingerprint density at radius 1 is 1.26 bits per heavy atom. The van der Waals surface area contributed by atoms with Crippen LogP contribution in [0.4, 0.5) is 5.82 Å². The Morgan fingerprint density at radius 3 is 2.58 bits per heavy atom. The quantitative estimate of drug-likeness (QED) is 0.932. The van der Waals surface area contributed by atoms with Gasteiger partial charge in [-0.1, -0.05) is 0 Å². The van der Waals surface area contributed by atoms with Crippen LogP contribution in [0.5, 0.6) is 0 Å². The lowest BCUT2D eigenvalue weighted by Crippen LogP contribution is -2.09. The average molecular weight is 278 g/mol. The van der Waals surface area contributed by atoms with E-state index in [0.29, 0.717) is 11.9 Å². The number of rotatable bonds is 4. The summed E-state index contributed by atoms with van der Waals surface area (Å²) in [7, 11) is 0. The highest BCUT2D eigenvalue weighted by Crippen LogP contribution is 2.31. The van der Waals surface area contributed by atoms with E-state index in [1.54, 1.807) is 0 Å². The van der Waals surface area contributed by atoms with Gasteiger partial charge in [-0.05, 0) is 51.7 Å². The lowest BCUT2D eigenvalue weighted by molar-refractivity contribution is 0.536. The molecular formula is C14H22N4S. The summed E-state index contributed by atoms with van der Waals surface area (Å²) in [6, 6.07) is 0.428. The Morgan fingerprint density at radius 2 is 1.95 bits per heavy atom. The van der Waals surface area contributed by atoms with E-state index in [-0.39, 0.29) is 0 Å². The molecule has 0 fully saturated rings. The minimum absolute atomic E-state index is 0.428. The van der Waals surface area contributed by atoms with Crippen LogP contribution in [-0.4, -0.2) is 26.5 Å². The van der Waals surface area contributed by atoms with Gasteiger partial charge in [0.15, 0.2) is 0 Å². The van der Waals surface area contributed by atoms with E-state index < -0.39 is 0 Å². The third-order valence-electron chi connectivity index (χ3n) is 3.72. The Hall–Kier alpha value is -1.23. The van der Waals surface area contributed by atoms with Crippen LogP contribution in [-0.2, 0) is 0 Å². The maximum absolute atomic E-state index is 6.07. The zero-order chi connectivity index (χ0) is 14.2. The Kier molecular flexibility index (Phi) is 4.04. The smallest absolute Gasteiger partial charge is 0.146 e. The van der Waals surface area contributed by atoms with Gasteiger partial charge >= 0.3 is 0 Å². The molecule has 0 aliphatic carbocycles. The molecule has 2 aromatic rings. The standard InChI is InChI=1S/C14H22N4S/c1-8(6-7-19-5)18-10(3)9(2)12-13(15)16-11(4)17-14(12)18/h8H,6-7H2,1-5H3,(H2,15,16,17). The summed E-state index contributed by atoms with van der Waals surface area (Å²) < 4.78 is 2.31. The number of nitrogens with zero attached hydrogens (tertiary/aromatic N) is 3. The first-order valence-electron chi connectivity index (χ1n) is 6.57. The van der Waals surface area contributed by atoms with Crippen molar-refractivity contribution in [2.75, 3.05) is 17.7 Å². The van der Waals surface area contributed by atoms with Crippen LogP contribution in [0.2, 0.25) is 0 Å². The zero-order valence-corrected chi connectivity index (χ0v) is 13.1. The van der Waals surface area contributed by atoms with Crippen molar-refractivity contribution in [1.29, 1.82) is 0 Å². The topological polar surface area (TPSA) is 56.7 Å². The highest BCUT2D eigenvalue weighted by Gasteiger charge is 2.19. The molecule has 1 unspecified atom stereocenters. The molecule has 0 aromatic carbocycles. The Balaban J connectivity index is 2.63. The van der Waals surface area contributed by atoms with Gasteiger partial charge in [0.2, 0.25) is 0 Å². The third kappa shape index (κ3) is 2.43. The second-order valence-electron chi connectivity index (χ2n) is 5.07. The largest absolute Gasteiger partial charge is 0.383 e. The van der Waals surface area contributed by atoms with E-state index in [1.807, 2.05) is 18.7 Å². The average Bonchev–Trinajstić information content (AvgIpc) is 2.59. The van der Waals surface area contributed by atoms with Gasteiger partial charge in [0.1, 0.15) is 17.3 Å². The number of hydrogen-bond donors (Lipinski definition) is 1. The summed E-state index contributed by atoms with van der Waals surface area (Å²) in [5, 5.41) is 1.01. The molecule has 4 nitrogen and oxygen atoms in total. The molecular weight excluding hydrogens is 256 g/mol. The van der Waals surface area contributed by atoms with E-state index >= 15 is 0 Å². The molecule has 19 heavy (non-hydrogen) atoms. The van der Waals surface area contributed by atoms with Crippen molar-refractivity contribution in [1.82, 2.24) is 14.5 Å². The number of nitrogens with two attached hydrogens (primary N) is 1. The number of aromatic nitrogens is 3. The van der Waals surface area contributed by atoms with Crippen LogP contribution in [0.1, 0.15) is 36.5 Å². The summed E-state index contributed by atoms with van der Waals surface area (Å²) in [4.78, 5) is 8.90. The third-order valence-corrected chi connectivity index (χ3v) is 4.36. The second-order valence-corrected chi connectivity index (χ2v) is 6.05. The van der Waals surface area contributed by atoms with Gasteiger partial charge in [-0.3, -0.25) is 0 Å². The first-order valence-corrected chi connectivity index (χ1v) is 7.96. The predicted octanol–water partition coefficient (Wildman–Crippen LogP) is 3.25. The highest BCUT2D eigenvalue weighted by molar-refractivity contribution is 7.98. The number of aryl methyl sites for hydroxylation is 2. The first-order chi connectivity index (χ1) is 8.97. The molecule has 104 valence electrons. The number of anilines is 1. The number of thioether (sulfide) groups is 1. The fourth-order valence-corrected chi connectivity index (χ4v) is 3.17. The molecule has 2 aromatic heterocycles. The molecule has 0 aliphatic rings. The van der Waals surface area contributed by atoms with E-state index in [0.717, 1.165) is 29.0 Å². The van der Waals surface area contributed by atoms with Crippen LogP contribution in [0.15, 0.2) is 0 Å². The lowest BCUT2D eigenvalue weighted by Gasteiger charge is -2.16. The summed E-state index contributed by atoms with van der Waals surface area (Å²) in [5.41, 5.74) is 9.50. The van der Waals surface area contributed by atoms with E-state index in [1.165, 1.54) is 11.3 Å². The van der Waals surface area contributed by atoms with Crippen molar-refractivity contribution in [3.05, 3.63) is 17.1 Å². The van der Waals surface area contributed by atoms with Gasteiger partial charge in [0.05, 0.1) is 5.39 Å². The predicted molar refractivity (Wildman–Crippen MR) is 83.9 cm³/mol. The van der Waals surface area contributed by atoms with Crippen molar-refractivity contribution >= 4 is 28.6 Å². The van der Waals surface area contributed by atoms with Gasteiger partial charge < -0.3 is 10.3 Å². The summed E-state index contributed by atoms with van der Waals surface area (Å²) >= 11 is 1.88. The molecule has 0 aliphatic heterocycles. The van der Waals surface area contributed by atoms with Crippen molar-refractivity contribution < 1.29 is 0 Å². The van der Waals surface area contributed by atoms with Crippen LogP contribution < -0.4 is 5.73 Å². The molecule has 5 heteroatoms. The molecule has 2 heterocycles. The summed E-state index contributed by atoms with van der Waals surface area (Å²) in [6.45, 7) is 8.38. The number of fused-ring (bicyclic) bond motifs is 1. The van der Waals surface area contributed by atoms with Gasteiger partial charge in [-0.15, -0.1) is 0 Å². The SMILES string of the molecule is CSCCC(C)n1c(C)c(C)c2c(N)nc(C)nc21. The van der Waals surface area contributed by atoms with Gasteiger partial charge in [-0.25, -0.2) is 9.97 Å². The van der Waals surface area contributed by atoms with Crippen LogP contribution in [0.3, 0.4) is 0 Å². The van der Waals surface area contributed by atoms with Crippen molar-refractivity contribution in [3.63, 3.8) is 0 Å². The van der Waals surface area contributed by atoms with Crippen LogP contribution in [0.25, 0.3) is 11.0 Å². The van der Waals surface area contributed by atoms with Gasteiger partial charge in [0, 0.05) is 11.7 Å². The fraction of sp³-hybridized carbons (Fsp3) is 0.571. The monoisotopic (exact) mass is 278 g/mol. The van der Waals surface area contributed by atoms with Crippen molar-refractivity contribution in [3.8, 4) is 0 Å². The van der Waals surface area contributed by atoms with Gasteiger partial charge in [0.25, 0.3) is 0 Å². The van der Waals surface area contributed by atoms with E-state index in [2.05, 4.69) is 41.6 Å². The van der Waals surface area contributed by atoms with Gasteiger partial charge in [-0.2, -0.15) is 11.8 Å². The molecule has 2 N–H and O–H groups in total. The molecule has 0 saturated carbocycles. The molecule has 0 spiro atoms. The highest BCUT2D eigenvalue weighted by atomic mass is 32.2. The van der Waals surface area contributed by atoms with Crippen LogP contribution in [0, 0.1) is 20.8 Å². The second kappa shape index (κ2) is 5.41. The molecule has 2 rings (SSSR count). The first kappa shape index (κ1) is 14.2. The van der Waals surface area contributed by atoms with Crippen LogP contribution >= 0.6 is 11.8 Å². The van der Waals surface area contributed by atoms with Crippen molar-refractivity contribution in [2.45, 2.75) is 40.2 Å². The maximum atomic E-state index is 6.07. The molecule has 0 amide bonds. The lowest BCUT2D eigenvalue weighted by atomic mass is 10.2. The minimum atomic E-state index is 0.428. The fourth-order valence-electron chi connectivity index (χ4n) is 2.59. The normalized spacial score (nSPS) is 13.1. The summed E-state index contributed by atoms with van der Waals surface area (Å²) in [5.74, 6) is 2.48. The molecule has 0 saturated heterocycles. The van der Waals surface area contributed by atoms with Crippen molar-refractivity contribution in [2.24, 2.45) is 0 Å². The number of hydrogen-bond acceptors (Lipinski definition) is 4. The minimum Gasteiger partial charge on any atom is -0.383 e. The molecule has 1 atom stereocenters. The zero-order valence-electron chi connectivity index (χ0n) is 12.3. The maximum Gasteiger partial charge on any atom is 0.146 e.